The molecule has 0 saturated carbocycles. The van der Waals surface area contributed by atoms with E-state index in [9.17, 15) is 5.11 Å². The van der Waals surface area contributed by atoms with Crippen molar-refractivity contribution >= 4 is 0 Å². The third kappa shape index (κ3) is 4.88. The number of rotatable bonds is 6. The van der Waals surface area contributed by atoms with E-state index < -0.39 is 0 Å². The van der Waals surface area contributed by atoms with Gasteiger partial charge in [0.05, 0.1) is 6.10 Å². The molecule has 1 N–H and O–H groups in total. The Morgan fingerprint density at radius 3 is 2.42 bits per heavy atom. The highest BCUT2D eigenvalue weighted by atomic mass is 16.3. The number of aryl methyl sites for hydroxylation is 2. The van der Waals surface area contributed by atoms with E-state index >= 15 is 0 Å². The van der Waals surface area contributed by atoms with Crippen molar-refractivity contribution in [2.75, 3.05) is 0 Å². The van der Waals surface area contributed by atoms with Crippen LogP contribution in [0.2, 0.25) is 0 Å². The number of benzene rings is 2. The minimum Gasteiger partial charge on any atom is -0.393 e. The summed E-state index contributed by atoms with van der Waals surface area (Å²) in [7, 11) is 0. The standard InChI is InChI=1S/C18H22O/c1-15-7-5-11-17(13-15)14-18(19)12-6-10-16-8-3-2-4-9-16/h2-5,7-9,11,13,18-19H,6,10,12,14H2,1H3. The number of aliphatic hydroxyl groups excluding tert-OH is 1. The molecular formula is C18H22O. The number of hydrogen-bond acceptors (Lipinski definition) is 1. The Labute approximate surface area is 115 Å². The monoisotopic (exact) mass is 254 g/mol. The van der Waals surface area contributed by atoms with Gasteiger partial charge in [0.25, 0.3) is 0 Å². The van der Waals surface area contributed by atoms with E-state index in [0.29, 0.717) is 0 Å². The lowest BCUT2D eigenvalue weighted by molar-refractivity contribution is 0.162. The normalized spacial score (nSPS) is 12.3. The Morgan fingerprint density at radius 2 is 1.68 bits per heavy atom. The quantitative estimate of drug-likeness (QED) is 0.828. The molecule has 0 amide bonds. The Hall–Kier alpha value is -1.60. The van der Waals surface area contributed by atoms with Gasteiger partial charge in [0.15, 0.2) is 0 Å². The van der Waals surface area contributed by atoms with Crippen molar-refractivity contribution in [3.05, 3.63) is 71.3 Å². The summed E-state index contributed by atoms with van der Waals surface area (Å²) < 4.78 is 0. The van der Waals surface area contributed by atoms with Crippen molar-refractivity contribution in [2.45, 2.75) is 38.7 Å². The minimum absolute atomic E-state index is 0.231. The highest BCUT2D eigenvalue weighted by molar-refractivity contribution is 5.22. The predicted octanol–water partition coefficient (Wildman–Crippen LogP) is 3.92. The van der Waals surface area contributed by atoms with Gasteiger partial charge >= 0.3 is 0 Å². The molecule has 0 aliphatic carbocycles. The molecule has 2 rings (SSSR count). The van der Waals surface area contributed by atoms with Gasteiger partial charge in [0.1, 0.15) is 0 Å². The maximum atomic E-state index is 10.1. The SMILES string of the molecule is Cc1cccc(CC(O)CCCc2ccccc2)c1. The molecule has 2 aromatic rings. The van der Waals surface area contributed by atoms with Crippen molar-refractivity contribution in [3.63, 3.8) is 0 Å². The average Bonchev–Trinajstić information content (AvgIpc) is 2.40. The van der Waals surface area contributed by atoms with Gasteiger partial charge in [-0.2, -0.15) is 0 Å². The zero-order valence-electron chi connectivity index (χ0n) is 11.5. The smallest absolute Gasteiger partial charge is 0.0580 e. The molecule has 0 bridgehead atoms. The summed E-state index contributed by atoms with van der Waals surface area (Å²) >= 11 is 0. The zero-order valence-corrected chi connectivity index (χ0v) is 11.5. The van der Waals surface area contributed by atoms with Crippen molar-refractivity contribution < 1.29 is 5.11 Å². The van der Waals surface area contributed by atoms with E-state index in [2.05, 4.69) is 55.5 Å². The summed E-state index contributed by atoms with van der Waals surface area (Å²) in [4.78, 5) is 0. The molecule has 0 saturated heterocycles. The molecule has 100 valence electrons. The molecule has 1 unspecified atom stereocenters. The van der Waals surface area contributed by atoms with Crippen LogP contribution in [0.5, 0.6) is 0 Å². The van der Waals surface area contributed by atoms with Crippen LogP contribution in [0.4, 0.5) is 0 Å². The van der Waals surface area contributed by atoms with Crippen LogP contribution in [0.3, 0.4) is 0 Å². The van der Waals surface area contributed by atoms with Gasteiger partial charge in [0.2, 0.25) is 0 Å². The van der Waals surface area contributed by atoms with Crippen LogP contribution in [0.1, 0.15) is 29.5 Å². The molecule has 2 aromatic carbocycles. The molecule has 1 heteroatoms. The van der Waals surface area contributed by atoms with E-state index in [1.54, 1.807) is 0 Å². The summed E-state index contributed by atoms with van der Waals surface area (Å²) in [6, 6.07) is 18.9. The number of hydrogen-bond donors (Lipinski definition) is 1. The Kier molecular flexibility index (Phi) is 5.17. The Bertz CT molecular complexity index is 490. The Morgan fingerprint density at radius 1 is 0.947 bits per heavy atom. The molecule has 0 heterocycles. The molecule has 1 atom stereocenters. The van der Waals surface area contributed by atoms with Gasteiger partial charge in [0, 0.05) is 0 Å². The highest BCUT2D eigenvalue weighted by Gasteiger charge is 2.05. The van der Waals surface area contributed by atoms with Gasteiger partial charge in [-0.3, -0.25) is 0 Å². The first-order valence-electron chi connectivity index (χ1n) is 7.01. The van der Waals surface area contributed by atoms with Gasteiger partial charge < -0.3 is 5.11 Å². The molecule has 1 nitrogen and oxygen atoms in total. The van der Waals surface area contributed by atoms with Crippen molar-refractivity contribution in [3.8, 4) is 0 Å². The maximum absolute atomic E-state index is 10.1. The second-order valence-electron chi connectivity index (χ2n) is 5.22. The largest absolute Gasteiger partial charge is 0.393 e. The van der Waals surface area contributed by atoms with Crippen LogP contribution in [0.15, 0.2) is 54.6 Å². The number of aliphatic hydroxyl groups is 1. The summed E-state index contributed by atoms with van der Waals surface area (Å²) in [5.74, 6) is 0. The second-order valence-corrected chi connectivity index (χ2v) is 5.22. The van der Waals surface area contributed by atoms with E-state index in [0.717, 1.165) is 25.7 Å². The second kappa shape index (κ2) is 7.10. The maximum Gasteiger partial charge on any atom is 0.0580 e. The Balaban J connectivity index is 1.74. The van der Waals surface area contributed by atoms with E-state index in [1.807, 2.05) is 6.07 Å². The van der Waals surface area contributed by atoms with Crippen molar-refractivity contribution in [2.24, 2.45) is 0 Å². The molecular weight excluding hydrogens is 232 g/mol. The van der Waals surface area contributed by atoms with Gasteiger partial charge in [-0.1, -0.05) is 60.2 Å². The highest BCUT2D eigenvalue weighted by Crippen LogP contribution is 2.12. The molecule has 0 fully saturated rings. The average molecular weight is 254 g/mol. The van der Waals surface area contributed by atoms with Crippen LogP contribution in [-0.2, 0) is 12.8 Å². The fourth-order valence-electron chi connectivity index (χ4n) is 2.40. The summed E-state index contributed by atoms with van der Waals surface area (Å²) in [5.41, 5.74) is 3.84. The fourth-order valence-corrected chi connectivity index (χ4v) is 2.40. The molecule has 0 aromatic heterocycles. The third-order valence-corrected chi connectivity index (χ3v) is 3.40. The summed E-state index contributed by atoms with van der Waals surface area (Å²) in [6.07, 6.45) is 3.48. The van der Waals surface area contributed by atoms with E-state index in [1.165, 1.54) is 16.7 Å². The lowest BCUT2D eigenvalue weighted by atomic mass is 10.0. The predicted molar refractivity (Wildman–Crippen MR) is 80.3 cm³/mol. The van der Waals surface area contributed by atoms with Crippen LogP contribution >= 0.6 is 0 Å². The van der Waals surface area contributed by atoms with Crippen LogP contribution in [0, 0.1) is 6.92 Å². The first-order valence-corrected chi connectivity index (χ1v) is 7.01. The fraction of sp³-hybridized carbons (Fsp3) is 0.333. The minimum atomic E-state index is -0.231. The summed E-state index contributed by atoms with van der Waals surface area (Å²) in [6.45, 7) is 2.09. The van der Waals surface area contributed by atoms with Crippen molar-refractivity contribution in [1.29, 1.82) is 0 Å². The molecule has 0 aliphatic rings. The van der Waals surface area contributed by atoms with E-state index in [4.69, 9.17) is 0 Å². The summed E-state index contributed by atoms with van der Waals surface area (Å²) in [5, 5.41) is 10.1. The van der Waals surface area contributed by atoms with Crippen LogP contribution in [0.25, 0.3) is 0 Å². The lowest BCUT2D eigenvalue weighted by Crippen LogP contribution is -2.10. The molecule has 0 spiro atoms. The zero-order chi connectivity index (χ0) is 13.5. The molecule has 0 aliphatic heterocycles. The third-order valence-electron chi connectivity index (χ3n) is 3.40. The van der Waals surface area contributed by atoms with Gasteiger partial charge in [-0.05, 0) is 43.7 Å². The lowest BCUT2D eigenvalue weighted by Gasteiger charge is -2.11. The topological polar surface area (TPSA) is 20.2 Å². The van der Waals surface area contributed by atoms with E-state index in [-0.39, 0.29) is 6.10 Å². The molecule has 19 heavy (non-hydrogen) atoms. The van der Waals surface area contributed by atoms with Crippen molar-refractivity contribution in [1.82, 2.24) is 0 Å². The van der Waals surface area contributed by atoms with Gasteiger partial charge in [-0.15, -0.1) is 0 Å². The van der Waals surface area contributed by atoms with Crippen LogP contribution in [-0.4, -0.2) is 11.2 Å². The van der Waals surface area contributed by atoms with Gasteiger partial charge in [-0.25, -0.2) is 0 Å². The molecule has 0 radical (unpaired) electrons. The first-order chi connectivity index (χ1) is 9.24. The van der Waals surface area contributed by atoms with Crippen LogP contribution < -0.4 is 0 Å². The first kappa shape index (κ1) is 13.8.